The minimum Gasteiger partial charge on any atom is -0.348 e. The molecule has 0 radical (unpaired) electrons. The monoisotopic (exact) mass is 275 g/mol. The first kappa shape index (κ1) is 14.5. The predicted octanol–water partition coefficient (Wildman–Crippen LogP) is 1.57. The first-order valence-electron chi connectivity index (χ1n) is 6.97. The molecule has 1 aromatic rings. The summed E-state index contributed by atoms with van der Waals surface area (Å²) in [6.45, 7) is 4.33. The minimum atomic E-state index is -0.103. The van der Waals surface area contributed by atoms with Crippen molar-refractivity contribution in [3.05, 3.63) is 29.8 Å². The van der Waals surface area contributed by atoms with E-state index in [4.69, 9.17) is 0 Å². The molecule has 0 aromatic heterocycles. The zero-order valence-corrected chi connectivity index (χ0v) is 11.9. The number of amides is 2. The van der Waals surface area contributed by atoms with Gasteiger partial charge in [-0.05, 0) is 44.0 Å². The van der Waals surface area contributed by atoms with Crippen LogP contribution in [0.25, 0.3) is 0 Å². The number of nitrogens with one attached hydrogen (secondary N) is 3. The molecule has 1 aliphatic rings. The average molecular weight is 275 g/mol. The van der Waals surface area contributed by atoms with Crippen molar-refractivity contribution < 1.29 is 9.59 Å². The third-order valence-electron chi connectivity index (χ3n) is 3.44. The van der Waals surface area contributed by atoms with Crippen LogP contribution in [0.4, 0.5) is 5.69 Å². The normalized spacial score (nSPS) is 19.4. The van der Waals surface area contributed by atoms with Crippen LogP contribution < -0.4 is 16.0 Å². The van der Waals surface area contributed by atoms with E-state index in [9.17, 15) is 9.59 Å². The smallest absolute Gasteiger partial charge is 0.237 e. The lowest BCUT2D eigenvalue weighted by Gasteiger charge is -2.18. The number of rotatable bonds is 4. The highest BCUT2D eigenvalue weighted by Gasteiger charge is 2.23. The molecule has 0 spiro atoms. The van der Waals surface area contributed by atoms with Gasteiger partial charge >= 0.3 is 0 Å². The van der Waals surface area contributed by atoms with Crippen molar-refractivity contribution in [1.29, 1.82) is 0 Å². The molecule has 0 aliphatic carbocycles. The first-order valence-corrected chi connectivity index (χ1v) is 6.97. The SMILES string of the molecule is CC(=O)Nc1cccc(C(C)NC(=O)[C@H]2CCCN2)c1. The Bertz CT molecular complexity index is 496. The van der Waals surface area contributed by atoms with Gasteiger partial charge in [0.15, 0.2) is 0 Å². The fourth-order valence-corrected chi connectivity index (χ4v) is 2.39. The second-order valence-corrected chi connectivity index (χ2v) is 5.19. The number of carbonyl (C=O) groups excluding carboxylic acids is 2. The van der Waals surface area contributed by atoms with Gasteiger partial charge in [-0.2, -0.15) is 0 Å². The summed E-state index contributed by atoms with van der Waals surface area (Å²) in [6.07, 6.45) is 1.94. The molecule has 1 aliphatic heterocycles. The fraction of sp³-hybridized carbons (Fsp3) is 0.467. The van der Waals surface area contributed by atoms with Gasteiger partial charge in [0.2, 0.25) is 11.8 Å². The summed E-state index contributed by atoms with van der Waals surface area (Å²) >= 11 is 0. The van der Waals surface area contributed by atoms with E-state index in [1.54, 1.807) is 0 Å². The molecule has 1 aromatic carbocycles. The number of benzene rings is 1. The van der Waals surface area contributed by atoms with Crippen LogP contribution >= 0.6 is 0 Å². The lowest BCUT2D eigenvalue weighted by Crippen LogP contribution is -2.41. The molecule has 3 N–H and O–H groups in total. The summed E-state index contributed by atoms with van der Waals surface area (Å²) < 4.78 is 0. The molecule has 2 rings (SSSR count). The van der Waals surface area contributed by atoms with Gasteiger partial charge in [0, 0.05) is 12.6 Å². The Hall–Kier alpha value is -1.88. The largest absolute Gasteiger partial charge is 0.348 e. The summed E-state index contributed by atoms with van der Waals surface area (Å²) in [5.41, 5.74) is 1.72. The Morgan fingerprint density at radius 3 is 2.85 bits per heavy atom. The van der Waals surface area contributed by atoms with Crippen LogP contribution in [0.15, 0.2) is 24.3 Å². The standard InChI is InChI=1S/C15H21N3O2/c1-10(17-15(20)14-7-4-8-16-14)12-5-3-6-13(9-12)18-11(2)19/h3,5-6,9-10,14,16H,4,7-8H2,1-2H3,(H,17,20)(H,18,19)/t10?,14-/m1/s1. The zero-order chi connectivity index (χ0) is 14.5. The Labute approximate surface area is 119 Å². The molecule has 108 valence electrons. The highest BCUT2D eigenvalue weighted by atomic mass is 16.2. The Morgan fingerprint density at radius 2 is 2.20 bits per heavy atom. The Balaban J connectivity index is 1.99. The molecule has 0 bridgehead atoms. The van der Waals surface area contributed by atoms with E-state index < -0.39 is 0 Å². The van der Waals surface area contributed by atoms with E-state index in [0.717, 1.165) is 30.6 Å². The number of hydrogen-bond acceptors (Lipinski definition) is 3. The van der Waals surface area contributed by atoms with Crippen molar-refractivity contribution in [1.82, 2.24) is 10.6 Å². The molecule has 20 heavy (non-hydrogen) atoms. The third kappa shape index (κ3) is 3.81. The van der Waals surface area contributed by atoms with E-state index in [-0.39, 0.29) is 23.9 Å². The topological polar surface area (TPSA) is 70.2 Å². The molecule has 1 unspecified atom stereocenters. The quantitative estimate of drug-likeness (QED) is 0.781. The number of carbonyl (C=O) groups is 2. The van der Waals surface area contributed by atoms with Crippen LogP contribution in [0.1, 0.15) is 38.3 Å². The van der Waals surface area contributed by atoms with Crippen LogP contribution in [-0.4, -0.2) is 24.4 Å². The lowest BCUT2D eigenvalue weighted by atomic mass is 10.1. The number of hydrogen-bond donors (Lipinski definition) is 3. The van der Waals surface area contributed by atoms with Crippen molar-refractivity contribution >= 4 is 17.5 Å². The second kappa shape index (κ2) is 6.52. The van der Waals surface area contributed by atoms with Gasteiger partial charge in [-0.25, -0.2) is 0 Å². The van der Waals surface area contributed by atoms with Crippen molar-refractivity contribution in [2.24, 2.45) is 0 Å². The summed E-state index contributed by atoms with van der Waals surface area (Å²) in [7, 11) is 0. The highest BCUT2D eigenvalue weighted by Crippen LogP contribution is 2.18. The molecule has 2 amide bonds. The summed E-state index contributed by atoms with van der Waals surface area (Å²) in [6, 6.07) is 7.37. The molecule has 5 heteroatoms. The average Bonchev–Trinajstić information content (AvgIpc) is 2.92. The van der Waals surface area contributed by atoms with Crippen molar-refractivity contribution in [3.63, 3.8) is 0 Å². The molecule has 5 nitrogen and oxygen atoms in total. The van der Waals surface area contributed by atoms with Crippen LogP contribution in [0.3, 0.4) is 0 Å². The maximum Gasteiger partial charge on any atom is 0.237 e. The maximum absolute atomic E-state index is 12.0. The van der Waals surface area contributed by atoms with Gasteiger partial charge in [0.25, 0.3) is 0 Å². The zero-order valence-electron chi connectivity index (χ0n) is 11.9. The second-order valence-electron chi connectivity index (χ2n) is 5.19. The highest BCUT2D eigenvalue weighted by molar-refractivity contribution is 5.88. The molecular weight excluding hydrogens is 254 g/mol. The molecular formula is C15H21N3O2. The molecule has 1 heterocycles. The van der Waals surface area contributed by atoms with Crippen molar-refractivity contribution in [2.75, 3.05) is 11.9 Å². The Kier molecular flexibility index (Phi) is 4.74. The minimum absolute atomic E-state index is 0.0416. The lowest BCUT2D eigenvalue weighted by molar-refractivity contribution is -0.123. The summed E-state index contributed by atoms with van der Waals surface area (Å²) in [4.78, 5) is 23.1. The molecule has 1 fully saturated rings. The van der Waals surface area contributed by atoms with Crippen LogP contribution in [0, 0.1) is 0 Å². The van der Waals surface area contributed by atoms with Gasteiger partial charge < -0.3 is 16.0 Å². The Morgan fingerprint density at radius 1 is 1.40 bits per heavy atom. The third-order valence-corrected chi connectivity index (χ3v) is 3.44. The number of anilines is 1. The molecule has 1 saturated heterocycles. The van der Waals surface area contributed by atoms with E-state index >= 15 is 0 Å². The van der Waals surface area contributed by atoms with Gasteiger partial charge in [-0.15, -0.1) is 0 Å². The van der Waals surface area contributed by atoms with Crippen molar-refractivity contribution in [3.8, 4) is 0 Å². The molecule has 2 atom stereocenters. The van der Waals surface area contributed by atoms with Crippen LogP contribution in [0.5, 0.6) is 0 Å². The van der Waals surface area contributed by atoms with Crippen LogP contribution in [0.2, 0.25) is 0 Å². The van der Waals surface area contributed by atoms with E-state index in [1.807, 2.05) is 31.2 Å². The summed E-state index contributed by atoms with van der Waals surface area (Å²) in [5.74, 6) is -0.0612. The summed E-state index contributed by atoms with van der Waals surface area (Å²) in [5, 5.41) is 8.93. The van der Waals surface area contributed by atoms with Gasteiger partial charge in [0.05, 0.1) is 12.1 Å². The molecule has 0 saturated carbocycles. The van der Waals surface area contributed by atoms with E-state index in [1.165, 1.54) is 6.92 Å². The predicted molar refractivity (Wildman–Crippen MR) is 78.3 cm³/mol. The maximum atomic E-state index is 12.0. The van der Waals surface area contributed by atoms with Gasteiger partial charge in [-0.3, -0.25) is 9.59 Å². The van der Waals surface area contributed by atoms with Crippen molar-refractivity contribution in [2.45, 2.75) is 38.8 Å². The van der Waals surface area contributed by atoms with Crippen LogP contribution in [-0.2, 0) is 9.59 Å². The van der Waals surface area contributed by atoms with Gasteiger partial charge in [-0.1, -0.05) is 12.1 Å². The van der Waals surface area contributed by atoms with E-state index in [0.29, 0.717) is 0 Å². The van der Waals surface area contributed by atoms with E-state index in [2.05, 4.69) is 16.0 Å². The fourth-order valence-electron chi connectivity index (χ4n) is 2.39. The van der Waals surface area contributed by atoms with Gasteiger partial charge in [0.1, 0.15) is 0 Å². The first-order chi connectivity index (χ1) is 9.56.